The molecular weight excluding hydrogens is 270 g/mol. The van der Waals surface area contributed by atoms with Gasteiger partial charge in [-0.1, -0.05) is 11.2 Å². The Balaban J connectivity index is 1.65. The summed E-state index contributed by atoms with van der Waals surface area (Å²) < 4.78 is 16.3. The lowest BCUT2D eigenvalue weighted by molar-refractivity contribution is 0.269. The van der Waals surface area contributed by atoms with Crippen LogP contribution in [-0.2, 0) is 13.0 Å². The van der Waals surface area contributed by atoms with Crippen molar-refractivity contribution in [2.24, 2.45) is 5.73 Å². The highest BCUT2D eigenvalue weighted by Gasteiger charge is 2.29. The molecule has 1 heterocycles. The molecule has 21 heavy (non-hydrogen) atoms. The Morgan fingerprint density at radius 1 is 1.33 bits per heavy atom. The summed E-state index contributed by atoms with van der Waals surface area (Å²) in [5.74, 6) is 3.09. The predicted molar refractivity (Wildman–Crippen MR) is 76.4 cm³/mol. The third kappa shape index (κ3) is 3.33. The molecule has 1 aromatic heterocycles. The molecule has 6 nitrogen and oxygen atoms in total. The highest BCUT2D eigenvalue weighted by Crippen LogP contribution is 2.38. The van der Waals surface area contributed by atoms with Gasteiger partial charge in [-0.05, 0) is 43.5 Å². The van der Waals surface area contributed by atoms with Gasteiger partial charge in [-0.15, -0.1) is 0 Å². The standard InChI is InChI=1S/C15H19N3O3/c1-19-13-8-10(6-7-16)2-5-12(13)20-9-14-17-15(21-18-14)11-3-4-11/h2,5,8,11H,3-4,6-7,9,16H2,1H3. The first-order chi connectivity index (χ1) is 10.3. The van der Waals surface area contributed by atoms with Gasteiger partial charge in [0, 0.05) is 5.92 Å². The monoisotopic (exact) mass is 289 g/mol. The van der Waals surface area contributed by atoms with Crippen molar-refractivity contribution in [3.8, 4) is 11.5 Å². The van der Waals surface area contributed by atoms with E-state index in [0.717, 1.165) is 30.7 Å². The summed E-state index contributed by atoms with van der Waals surface area (Å²) in [5.41, 5.74) is 6.68. The minimum absolute atomic E-state index is 0.267. The van der Waals surface area contributed by atoms with Crippen molar-refractivity contribution in [2.45, 2.75) is 31.8 Å². The van der Waals surface area contributed by atoms with Crippen molar-refractivity contribution >= 4 is 0 Å². The predicted octanol–water partition coefficient (Wildman–Crippen LogP) is 2.04. The molecule has 2 N–H and O–H groups in total. The van der Waals surface area contributed by atoms with Gasteiger partial charge in [0.05, 0.1) is 7.11 Å². The molecule has 0 bridgehead atoms. The van der Waals surface area contributed by atoms with E-state index in [4.69, 9.17) is 19.7 Å². The van der Waals surface area contributed by atoms with Crippen LogP contribution in [0.3, 0.4) is 0 Å². The van der Waals surface area contributed by atoms with E-state index in [1.807, 2.05) is 18.2 Å². The summed E-state index contributed by atoms with van der Waals surface area (Å²) >= 11 is 0. The van der Waals surface area contributed by atoms with E-state index in [2.05, 4.69) is 10.1 Å². The molecular formula is C15H19N3O3. The summed E-state index contributed by atoms with van der Waals surface area (Å²) in [5, 5.41) is 3.93. The summed E-state index contributed by atoms with van der Waals surface area (Å²) in [6.45, 7) is 0.874. The third-order valence-electron chi connectivity index (χ3n) is 3.43. The molecule has 1 aliphatic rings. The van der Waals surface area contributed by atoms with E-state index in [1.54, 1.807) is 7.11 Å². The number of methoxy groups -OCH3 is 1. The van der Waals surface area contributed by atoms with Crippen molar-refractivity contribution in [1.82, 2.24) is 10.1 Å². The average Bonchev–Trinajstić information content (AvgIpc) is 3.25. The SMILES string of the molecule is COc1cc(CCN)ccc1OCc1noc(C2CC2)n1. The van der Waals surface area contributed by atoms with E-state index >= 15 is 0 Å². The van der Waals surface area contributed by atoms with Gasteiger partial charge in [-0.25, -0.2) is 0 Å². The number of nitrogens with two attached hydrogens (primary N) is 1. The largest absolute Gasteiger partial charge is 0.493 e. The van der Waals surface area contributed by atoms with E-state index in [1.165, 1.54) is 0 Å². The molecule has 1 aliphatic carbocycles. The van der Waals surface area contributed by atoms with Gasteiger partial charge in [0.25, 0.3) is 0 Å². The van der Waals surface area contributed by atoms with Gasteiger partial charge in [0.15, 0.2) is 18.1 Å². The van der Waals surface area contributed by atoms with Crippen LogP contribution in [-0.4, -0.2) is 23.8 Å². The molecule has 0 saturated heterocycles. The number of rotatable bonds is 7. The first kappa shape index (κ1) is 13.9. The minimum Gasteiger partial charge on any atom is -0.493 e. The van der Waals surface area contributed by atoms with Crippen molar-refractivity contribution in [1.29, 1.82) is 0 Å². The number of ether oxygens (including phenoxy) is 2. The molecule has 1 aromatic carbocycles. The van der Waals surface area contributed by atoms with E-state index in [9.17, 15) is 0 Å². The lowest BCUT2D eigenvalue weighted by atomic mass is 10.1. The highest BCUT2D eigenvalue weighted by molar-refractivity contribution is 5.43. The molecule has 1 fully saturated rings. The maximum Gasteiger partial charge on any atom is 0.229 e. The van der Waals surface area contributed by atoms with Crippen LogP contribution in [0.15, 0.2) is 22.7 Å². The Labute approximate surface area is 123 Å². The zero-order chi connectivity index (χ0) is 14.7. The molecule has 0 spiro atoms. The van der Waals surface area contributed by atoms with Crippen LogP contribution in [0.25, 0.3) is 0 Å². The van der Waals surface area contributed by atoms with Crippen molar-refractivity contribution in [3.63, 3.8) is 0 Å². The number of benzene rings is 1. The van der Waals surface area contributed by atoms with Gasteiger partial charge in [-0.2, -0.15) is 4.98 Å². The van der Waals surface area contributed by atoms with Crippen LogP contribution in [0.2, 0.25) is 0 Å². The summed E-state index contributed by atoms with van der Waals surface area (Å²) in [4.78, 5) is 4.33. The number of aromatic nitrogens is 2. The molecule has 3 rings (SSSR count). The molecule has 1 saturated carbocycles. The molecule has 2 aromatic rings. The molecule has 0 aliphatic heterocycles. The Bertz CT molecular complexity index is 608. The summed E-state index contributed by atoms with van der Waals surface area (Å²) in [7, 11) is 1.62. The first-order valence-electron chi connectivity index (χ1n) is 7.12. The topological polar surface area (TPSA) is 83.4 Å². The van der Waals surface area contributed by atoms with Crippen LogP contribution >= 0.6 is 0 Å². The first-order valence-corrected chi connectivity index (χ1v) is 7.12. The van der Waals surface area contributed by atoms with Crippen molar-refractivity contribution in [2.75, 3.05) is 13.7 Å². The Kier molecular flexibility index (Phi) is 4.06. The zero-order valence-corrected chi connectivity index (χ0v) is 12.0. The van der Waals surface area contributed by atoms with Gasteiger partial charge in [-0.3, -0.25) is 0 Å². The average molecular weight is 289 g/mol. The second kappa shape index (κ2) is 6.13. The van der Waals surface area contributed by atoms with Gasteiger partial charge in [0.1, 0.15) is 0 Å². The molecule has 112 valence electrons. The van der Waals surface area contributed by atoms with Crippen LogP contribution in [0.4, 0.5) is 0 Å². The normalized spacial score (nSPS) is 14.2. The number of hydrogen-bond acceptors (Lipinski definition) is 6. The molecule has 0 unspecified atom stereocenters. The zero-order valence-electron chi connectivity index (χ0n) is 12.0. The fraction of sp³-hybridized carbons (Fsp3) is 0.467. The van der Waals surface area contributed by atoms with E-state index < -0.39 is 0 Å². The fourth-order valence-electron chi connectivity index (χ4n) is 2.12. The second-order valence-corrected chi connectivity index (χ2v) is 5.14. The van der Waals surface area contributed by atoms with Gasteiger partial charge in [0.2, 0.25) is 11.7 Å². The van der Waals surface area contributed by atoms with E-state index in [-0.39, 0.29) is 6.61 Å². The smallest absolute Gasteiger partial charge is 0.229 e. The molecule has 6 heteroatoms. The van der Waals surface area contributed by atoms with Crippen LogP contribution in [0.5, 0.6) is 11.5 Å². The fourth-order valence-corrected chi connectivity index (χ4v) is 2.12. The summed E-state index contributed by atoms with van der Waals surface area (Å²) in [6.07, 6.45) is 3.09. The Morgan fingerprint density at radius 3 is 2.90 bits per heavy atom. The Morgan fingerprint density at radius 2 is 2.19 bits per heavy atom. The molecule has 0 amide bonds. The Hall–Kier alpha value is -2.08. The lowest BCUT2D eigenvalue weighted by Crippen LogP contribution is -2.04. The maximum absolute atomic E-state index is 5.72. The molecule has 0 radical (unpaired) electrons. The number of hydrogen-bond donors (Lipinski definition) is 1. The minimum atomic E-state index is 0.267. The van der Waals surface area contributed by atoms with E-state index in [0.29, 0.717) is 29.8 Å². The van der Waals surface area contributed by atoms with Crippen LogP contribution in [0, 0.1) is 0 Å². The highest BCUT2D eigenvalue weighted by atomic mass is 16.5. The molecule has 0 atom stereocenters. The van der Waals surface area contributed by atoms with Crippen LogP contribution < -0.4 is 15.2 Å². The van der Waals surface area contributed by atoms with Gasteiger partial charge < -0.3 is 19.7 Å². The van der Waals surface area contributed by atoms with Crippen molar-refractivity contribution < 1.29 is 14.0 Å². The maximum atomic E-state index is 5.72. The quantitative estimate of drug-likeness (QED) is 0.839. The van der Waals surface area contributed by atoms with Crippen molar-refractivity contribution in [3.05, 3.63) is 35.5 Å². The van der Waals surface area contributed by atoms with Crippen LogP contribution in [0.1, 0.15) is 36.0 Å². The third-order valence-corrected chi connectivity index (χ3v) is 3.43. The number of nitrogens with zero attached hydrogens (tertiary/aromatic N) is 2. The lowest BCUT2D eigenvalue weighted by Gasteiger charge is -2.10. The second-order valence-electron chi connectivity index (χ2n) is 5.14. The summed E-state index contributed by atoms with van der Waals surface area (Å²) in [6, 6.07) is 5.80. The van der Waals surface area contributed by atoms with Gasteiger partial charge >= 0.3 is 0 Å².